The highest BCUT2D eigenvalue weighted by Gasteiger charge is 2.59. The predicted molar refractivity (Wildman–Crippen MR) is 146 cm³/mol. The average molecular weight is 653 g/mol. The van der Waals surface area contributed by atoms with E-state index in [-0.39, 0.29) is 16.7 Å². The Kier molecular flexibility index (Phi) is 8.36. The molecule has 0 aliphatic rings. The first-order chi connectivity index (χ1) is 19.9. The Balaban J connectivity index is 1.75. The van der Waals surface area contributed by atoms with Gasteiger partial charge in [0.2, 0.25) is 0 Å². The van der Waals surface area contributed by atoms with Crippen LogP contribution in [0, 0.1) is 0 Å². The normalized spacial score (nSPS) is 12.5. The van der Waals surface area contributed by atoms with Crippen molar-refractivity contribution in [2.75, 3.05) is 0 Å². The van der Waals surface area contributed by atoms with Crippen LogP contribution >= 0.6 is 0 Å². The molecule has 43 heavy (non-hydrogen) atoms. The van der Waals surface area contributed by atoms with E-state index in [1.165, 1.54) is 24.3 Å². The van der Waals surface area contributed by atoms with Gasteiger partial charge in [0.15, 0.2) is 11.6 Å². The molecule has 16 heteroatoms. The SMILES string of the molecule is O=C(c1ccccc1)c1cccc(C(=O)c2ccc(Oc3ccccc3S(=O)(=O)C(F)(F)S(=O)(=O)O)c(S(=O)(=O)O)c2)c1. The molecule has 2 N–H and O–H groups in total. The van der Waals surface area contributed by atoms with E-state index in [9.17, 15) is 48.2 Å². The number of halogens is 2. The summed E-state index contributed by atoms with van der Waals surface area (Å²) in [4.78, 5) is 23.5. The number of ketones is 2. The zero-order valence-electron chi connectivity index (χ0n) is 21.3. The van der Waals surface area contributed by atoms with E-state index in [0.717, 1.165) is 30.3 Å². The van der Waals surface area contributed by atoms with Crippen LogP contribution in [-0.2, 0) is 30.1 Å². The number of benzene rings is 4. The molecule has 224 valence electrons. The van der Waals surface area contributed by atoms with Gasteiger partial charge in [-0.1, -0.05) is 60.7 Å². The number of hydrogen-bond donors (Lipinski definition) is 2. The van der Waals surface area contributed by atoms with Gasteiger partial charge >= 0.3 is 14.7 Å². The van der Waals surface area contributed by atoms with E-state index < -0.39 is 67.5 Å². The van der Waals surface area contributed by atoms with Gasteiger partial charge in [-0.25, -0.2) is 8.42 Å². The lowest BCUT2D eigenvalue weighted by atomic mass is 9.97. The molecule has 0 radical (unpaired) electrons. The van der Waals surface area contributed by atoms with E-state index in [1.54, 1.807) is 30.3 Å². The van der Waals surface area contributed by atoms with Crippen LogP contribution in [-0.4, -0.2) is 50.5 Å². The van der Waals surface area contributed by atoms with Crippen molar-refractivity contribution >= 4 is 41.6 Å². The number of para-hydroxylation sites is 1. The van der Waals surface area contributed by atoms with Crippen LogP contribution in [0.1, 0.15) is 31.8 Å². The van der Waals surface area contributed by atoms with Gasteiger partial charge in [-0.3, -0.25) is 18.7 Å². The zero-order valence-corrected chi connectivity index (χ0v) is 23.7. The zero-order chi connectivity index (χ0) is 31.8. The molecular formula is C27H18F2O11S3. The van der Waals surface area contributed by atoms with Crippen molar-refractivity contribution in [2.24, 2.45) is 0 Å². The summed E-state index contributed by atoms with van der Waals surface area (Å²) < 4.78 is 118. The van der Waals surface area contributed by atoms with E-state index in [0.29, 0.717) is 17.7 Å². The minimum Gasteiger partial charge on any atom is -0.455 e. The number of rotatable bonds is 10. The number of carbonyl (C=O) groups is 2. The maximum absolute atomic E-state index is 14.2. The molecule has 11 nitrogen and oxygen atoms in total. The summed E-state index contributed by atoms with van der Waals surface area (Å²) in [5.41, 5.74) is 0.120. The topological polar surface area (TPSA) is 186 Å². The maximum Gasteiger partial charge on any atom is 0.474 e. The molecule has 0 saturated carbocycles. The monoisotopic (exact) mass is 652 g/mol. The van der Waals surface area contributed by atoms with Crippen LogP contribution in [0.3, 0.4) is 0 Å². The first-order valence-electron chi connectivity index (χ1n) is 11.7. The molecular weight excluding hydrogens is 634 g/mol. The van der Waals surface area contributed by atoms with Crippen LogP contribution in [0.15, 0.2) is 107 Å². The summed E-state index contributed by atoms with van der Waals surface area (Å²) in [6, 6.07) is 19.4. The summed E-state index contributed by atoms with van der Waals surface area (Å²) in [5, 5.41) is 0. The number of sulfone groups is 1. The molecule has 0 fully saturated rings. The van der Waals surface area contributed by atoms with Crippen molar-refractivity contribution in [1.29, 1.82) is 0 Å². The fraction of sp³-hybridized carbons (Fsp3) is 0.0370. The van der Waals surface area contributed by atoms with Gasteiger partial charge in [0.25, 0.3) is 20.0 Å². The van der Waals surface area contributed by atoms with Crippen LogP contribution in [0.2, 0.25) is 0 Å². The second kappa shape index (κ2) is 11.4. The van der Waals surface area contributed by atoms with Gasteiger partial charge in [-0.2, -0.15) is 25.6 Å². The summed E-state index contributed by atoms with van der Waals surface area (Å²) in [6.45, 7) is 0. The van der Waals surface area contributed by atoms with Crippen molar-refractivity contribution in [3.8, 4) is 11.5 Å². The number of alkyl halides is 2. The third-order valence-electron chi connectivity index (χ3n) is 5.88. The van der Waals surface area contributed by atoms with Gasteiger partial charge < -0.3 is 4.74 Å². The Morgan fingerprint density at radius 2 is 1.07 bits per heavy atom. The molecule has 4 aromatic carbocycles. The van der Waals surface area contributed by atoms with Gasteiger partial charge in [0, 0.05) is 22.3 Å². The molecule has 4 aromatic rings. The summed E-state index contributed by atoms with van der Waals surface area (Å²) in [6.07, 6.45) is 0. The Hall–Kier alpha value is -4.35. The Morgan fingerprint density at radius 1 is 0.581 bits per heavy atom. The molecule has 0 atom stereocenters. The highest BCUT2D eigenvalue weighted by Crippen LogP contribution is 2.40. The molecule has 0 spiro atoms. The first-order valence-corrected chi connectivity index (χ1v) is 16.0. The Labute approximate surface area is 243 Å². The number of ether oxygens (including phenoxy) is 1. The molecule has 0 unspecified atom stereocenters. The van der Waals surface area contributed by atoms with Crippen molar-refractivity contribution in [2.45, 2.75) is 14.4 Å². The van der Waals surface area contributed by atoms with E-state index in [2.05, 4.69) is 0 Å². The molecule has 0 saturated heterocycles. The molecule has 0 heterocycles. The molecule has 0 amide bonds. The smallest absolute Gasteiger partial charge is 0.455 e. The first kappa shape index (κ1) is 31.6. The van der Waals surface area contributed by atoms with E-state index in [1.807, 2.05) is 0 Å². The lowest BCUT2D eigenvalue weighted by Crippen LogP contribution is -2.37. The van der Waals surface area contributed by atoms with Gasteiger partial charge in [-0.15, -0.1) is 0 Å². The van der Waals surface area contributed by atoms with Gasteiger partial charge in [0.1, 0.15) is 21.3 Å². The van der Waals surface area contributed by atoms with Crippen molar-refractivity contribution < 1.29 is 57.5 Å². The molecule has 0 aliphatic carbocycles. The minimum absolute atomic E-state index is 0.0411. The van der Waals surface area contributed by atoms with Crippen LogP contribution in [0.25, 0.3) is 0 Å². The van der Waals surface area contributed by atoms with Crippen molar-refractivity contribution in [1.82, 2.24) is 0 Å². The summed E-state index contributed by atoms with van der Waals surface area (Å²) >= 11 is 0. The van der Waals surface area contributed by atoms with Crippen LogP contribution in [0.5, 0.6) is 11.5 Å². The van der Waals surface area contributed by atoms with Crippen LogP contribution < -0.4 is 4.74 Å². The van der Waals surface area contributed by atoms with E-state index in [4.69, 9.17) is 9.29 Å². The second-order valence-corrected chi connectivity index (χ2v) is 13.8. The molecule has 0 bridgehead atoms. The minimum atomic E-state index is -6.47. The highest BCUT2D eigenvalue weighted by molar-refractivity contribution is 8.07. The lowest BCUT2D eigenvalue weighted by Gasteiger charge is -2.17. The number of hydrogen-bond acceptors (Lipinski definition) is 9. The van der Waals surface area contributed by atoms with Crippen molar-refractivity contribution in [3.63, 3.8) is 0 Å². The highest BCUT2D eigenvalue weighted by atomic mass is 32.3. The van der Waals surface area contributed by atoms with Gasteiger partial charge in [-0.05, 0) is 36.4 Å². The van der Waals surface area contributed by atoms with Crippen LogP contribution in [0.4, 0.5) is 8.78 Å². The molecule has 0 aliphatic heterocycles. The molecule has 4 rings (SSSR count). The van der Waals surface area contributed by atoms with Gasteiger partial charge in [0.05, 0.1) is 0 Å². The molecule has 0 aromatic heterocycles. The summed E-state index contributed by atoms with van der Waals surface area (Å²) in [7, 11) is -17.9. The summed E-state index contributed by atoms with van der Waals surface area (Å²) in [5.74, 6) is -3.02. The predicted octanol–water partition coefficient (Wildman–Crippen LogP) is 4.40. The lowest BCUT2D eigenvalue weighted by molar-refractivity contribution is 0.103. The standard InChI is InChI=1S/C27H18F2O11S3/c28-27(29,43(37,38)39)41(32,33)23-12-5-4-11-21(23)40-22-14-13-20(16-24(22)42(34,35)36)26(31)19-10-6-9-18(15-19)25(30)17-7-2-1-3-8-17/h1-16H,(H,34,35,36)(H,37,38,39). The maximum atomic E-state index is 14.2. The fourth-order valence-electron chi connectivity index (χ4n) is 3.80. The number of carbonyl (C=O) groups excluding carboxylic acids is 2. The van der Waals surface area contributed by atoms with E-state index >= 15 is 0 Å². The second-order valence-electron chi connectivity index (χ2n) is 8.73. The third kappa shape index (κ3) is 6.23. The fourth-order valence-corrected chi connectivity index (χ4v) is 6.71. The average Bonchev–Trinajstić information content (AvgIpc) is 2.96. The quantitative estimate of drug-likeness (QED) is 0.183. The Morgan fingerprint density at radius 3 is 1.65 bits per heavy atom. The largest absolute Gasteiger partial charge is 0.474 e. The Bertz CT molecular complexity index is 2080. The van der Waals surface area contributed by atoms with Crippen molar-refractivity contribution in [3.05, 3.63) is 119 Å². The third-order valence-corrected chi connectivity index (χ3v) is 10.2.